The van der Waals surface area contributed by atoms with E-state index in [0.29, 0.717) is 6.54 Å². The molecule has 0 spiro atoms. The topological polar surface area (TPSA) is 42.1 Å². The number of pyridine rings is 1. The molecule has 0 radical (unpaired) electrons. The van der Waals surface area contributed by atoms with E-state index in [1.807, 2.05) is 18.0 Å². The summed E-state index contributed by atoms with van der Waals surface area (Å²) in [5, 5.41) is 0. The lowest BCUT2D eigenvalue weighted by Crippen LogP contribution is -2.26. The van der Waals surface area contributed by atoms with Crippen LogP contribution in [-0.4, -0.2) is 36.1 Å². The molecular weight excluding hydrogens is 218 g/mol. The van der Waals surface area contributed by atoms with Gasteiger partial charge in [0.2, 0.25) is 0 Å². The van der Waals surface area contributed by atoms with Gasteiger partial charge in [-0.05, 0) is 36.8 Å². The Morgan fingerprint density at radius 1 is 1.31 bits per heavy atom. The average Bonchev–Trinajstić information content (AvgIpc) is 2.59. The van der Waals surface area contributed by atoms with Gasteiger partial charge in [0.15, 0.2) is 0 Å². The second kappa shape index (κ2) is 6.11. The van der Waals surface area contributed by atoms with Gasteiger partial charge in [-0.15, -0.1) is 0 Å². The average molecular weight is 237 g/mol. The fraction of sp³-hybridized carbons (Fsp3) is 0.583. The van der Waals surface area contributed by atoms with Crippen molar-refractivity contribution in [2.75, 3.05) is 36.0 Å². The van der Waals surface area contributed by atoms with Crippen LogP contribution < -0.4 is 10.6 Å². The summed E-state index contributed by atoms with van der Waals surface area (Å²) in [4.78, 5) is 6.90. The van der Waals surface area contributed by atoms with E-state index in [1.165, 1.54) is 23.5 Å². The van der Waals surface area contributed by atoms with E-state index in [0.717, 1.165) is 25.3 Å². The number of aromatic nitrogens is 1. The van der Waals surface area contributed by atoms with Gasteiger partial charge >= 0.3 is 0 Å². The molecule has 0 amide bonds. The highest BCUT2D eigenvalue weighted by Gasteiger charge is 2.10. The summed E-state index contributed by atoms with van der Waals surface area (Å²) in [6, 6.07) is 4.27. The van der Waals surface area contributed by atoms with Crippen molar-refractivity contribution in [3.8, 4) is 0 Å². The van der Waals surface area contributed by atoms with Gasteiger partial charge in [0, 0.05) is 25.0 Å². The van der Waals surface area contributed by atoms with Gasteiger partial charge in [0.25, 0.3) is 0 Å². The Labute approximate surface area is 101 Å². The second-order valence-electron chi connectivity index (χ2n) is 4.02. The molecule has 1 aliphatic rings. The fourth-order valence-electron chi connectivity index (χ4n) is 1.89. The lowest BCUT2D eigenvalue weighted by atomic mass is 10.2. The van der Waals surface area contributed by atoms with E-state index in [2.05, 4.69) is 22.0 Å². The zero-order valence-corrected chi connectivity index (χ0v) is 10.4. The third-order valence-corrected chi connectivity index (χ3v) is 3.84. The Kier molecular flexibility index (Phi) is 4.48. The summed E-state index contributed by atoms with van der Waals surface area (Å²) in [6.07, 6.45) is 4.14. The molecule has 1 aromatic heterocycles. The SMILES string of the molecule is NCCc1ccc(N2CCCSCC2)nc1. The Hall–Kier alpha value is -0.740. The number of hydrogen-bond acceptors (Lipinski definition) is 4. The van der Waals surface area contributed by atoms with Gasteiger partial charge in [-0.1, -0.05) is 6.07 Å². The number of thioether (sulfide) groups is 1. The summed E-state index contributed by atoms with van der Waals surface area (Å²) >= 11 is 2.04. The predicted octanol–water partition coefficient (Wildman–Crippen LogP) is 1.53. The van der Waals surface area contributed by atoms with Gasteiger partial charge in [-0.2, -0.15) is 11.8 Å². The van der Waals surface area contributed by atoms with Crippen LogP contribution in [0.3, 0.4) is 0 Å². The molecule has 1 fully saturated rings. The van der Waals surface area contributed by atoms with Crippen molar-refractivity contribution in [1.82, 2.24) is 4.98 Å². The van der Waals surface area contributed by atoms with Crippen molar-refractivity contribution in [3.05, 3.63) is 23.9 Å². The first-order chi connectivity index (χ1) is 7.90. The van der Waals surface area contributed by atoms with Crippen LogP contribution in [0, 0.1) is 0 Å². The first kappa shape index (κ1) is 11.7. The molecule has 3 nitrogen and oxygen atoms in total. The molecule has 0 bridgehead atoms. The molecular formula is C12H19N3S. The molecule has 88 valence electrons. The molecule has 16 heavy (non-hydrogen) atoms. The quantitative estimate of drug-likeness (QED) is 0.865. The van der Waals surface area contributed by atoms with Gasteiger partial charge in [-0.25, -0.2) is 4.98 Å². The van der Waals surface area contributed by atoms with E-state index >= 15 is 0 Å². The Morgan fingerprint density at radius 2 is 2.25 bits per heavy atom. The summed E-state index contributed by atoms with van der Waals surface area (Å²) in [7, 11) is 0. The van der Waals surface area contributed by atoms with Crippen molar-refractivity contribution in [3.63, 3.8) is 0 Å². The van der Waals surface area contributed by atoms with Crippen molar-refractivity contribution in [1.29, 1.82) is 0 Å². The second-order valence-corrected chi connectivity index (χ2v) is 5.24. The maximum absolute atomic E-state index is 5.52. The van der Waals surface area contributed by atoms with E-state index in [4.69, 9.17) is 5.73 Å². The van der Waals surface area contributed by atoms with Crippen LogP contribution in [0.5, 0.6) is 0 Å². The van der Waals surface area contributed by atoms with Crippen molar-refractivity contribution in [2.45, 2.75) is 12.8 Å². The predicted molar refractivity (Wildman–Crippen MR) is 71.2 cm³/mol. The molecule has 0 aliphatic carbocycles. The first-order valence-electron chi connectivity index (χ1n) is 5.88. The van der Waals surface area contributed by atoms with E-state index in [9.17, 15) is 0 Å². The maximum atomic E-state index is 5.52. The lowest BCUT2D eigenvalue weighted by Gasteiger charge is -2.21. The van der Waals surface area contributed by atoms with Gasteiger partial charge < -0.3 is 10.6 Å². The fourth-order valence-corrected chi connectivity index (χ4v) is 2.78. The highest BCUT2D eigenvalue weighted by molar-refractivity contribution is 7.99. The molecule has 0 saturated carbocycles. The van der Waals surface area contributed by atoms with Gasteiger partial charge in [0.1, 0.15) is 5.82 Å². The minimum atomic E-state index is 0.696. The molecule has 4 heteroatoms. The summed E-state index contributed by atoms with van der Waals surface area (Å²) in [6.45, 7) is 2.95. The molecule has 2 heterocycles. The third-order valence-electron chi connectivity index (χ3n) is 2.79. The number of nitrogens with zero attached hydrogens (tertiary/aromatic N) is 2. The van der Waals surface area contributed by atoms with Crippen LogP contribution in [0.1, 0.15) is 12.0 Å². The highest BCUT2D eigenvalue weighted by Crippen LogP contribution is 2.17. The Bertz CT molecular complexity index is 305. The van der Waals surface area contributed by atoms with Crippen LogP contribution in [-0.2, 0) is 6.42 Å². The molecule has 0 unspecified atom stereocenters. The van der Waals surface area contributed by atoms with Crippen LogP contribution in [0.2, 0.25) is 0 Å². The molecule has 0 atom stereocenters. The first-order valence-corrected chi connectivity index (χ1v) is 7.03. The van der Waals surface area contributed by atoms with Crippen molar-refractivity contribution < 1.29 is 0 Å². The van der Waals surface area contributed by atoms with E-state index < -0.39 is 0 Å². The van der Waals surface area contributed by atoms with Crippen LogP contribution in [0.25, 0.3) is 0 Å². The van der Waals surface area contributed by atoms with Crippen LogP contribution in [0.15, 0.2) is 18.3 Å². The summed E-state index contributed by atoms with van der Waals surface area (Å²) in [5.41, 5.74) is 6.75. The summed E-state index contributed by atoms with van der Waals surface area (Å²) in [5.74, 6) is 3.61. The van der Waals surface area contributed by atoms with Crippen LogP contribution >= 0.6 is 11.8 Å². The van der Waals surface area contributed by atoms with Crippen LogP contribution in [0.4, 0.5) is 5.82 Å². The van der Waals surface area contributed by atoms with E-state index in [-0.39, 0.29) is 0 Å². The summed E-state index contributed by atoms with van der Waals surface area (Å²) < 4.78 is 0. The molecule has 1 saturated heterocycles. The minimum absolute atomic E-state index is 0.696. The lowest BCUT2D eigenvalue weighted by molar-refractivity contribution is 0.799. The smallest absolute Gasteiger partial charge is 0.128 e. The largest absolute Gasteiger partial charge is 0.356 e. The molecule has 0 aromatic carbocycles. The number of hydrogen-bond donors (Lipinski definition) is 1. The van der Waals surface area contributed by atoms with Crippen molar-refractivity contribution in [2.24, 2.45) is 5.73 Å². The zero-order valence-electron chi connectivity index (χ0n) is 9.56. The number of anilines is 1. The third kappa shape index (κ3) is 3.12. The molecule has 2 N–H and O–H groups in total. The molecule has 1 aliphatic heterocycles. The number of rotatable bonds is 3. The zero-order chi connectivity index (χ0) is 11.2. The van der Waals surface area contributed by atoms with E-state index in [1.54, 1.807) is 0 Å². The maximum Gasteiger partial charge on any atom is 0.128 e. The monoisotopic (exact) mass is 237 g/mol. The van der Waals surface area contributed by atoms with Crippen molar-refractivity contribution >= 4 is 17.6 Å². The Balaban J connectivity index is 2.01. The standard InChI is InChI=1S/C12H19N3S/c13-5-4-11-2-3-12(14-10-11)15-6-1-8-16-9-7-15/h2-3,10H,1,4-9,13H2. The van der Waals surface area contributed by atoms with Gasteiger partial charge in [0.05, 0.1) is 0 Å². The highest BCUT2D eigenvalue weighted by atomic mass is 32.2. The number of nitrogens with two attached hydrogens (primary N) is 1. The minimum Gasteiger partial charge on any atom is -0.356 e. The Morgan fingerprint density at radius 3 is 3.00 bits per heavy atom. The molecule has 1 aromatic rings. The molecule has 2 rings (SSSR count). The normalized spacial score (nSPS) is 17.2. The van der Waals surface area contributed by atoms with Gasteiger partial charge in [-0.3, -0.25) is 0 Å².